The van der Waals surface area contributed by atoms with Crippen LogP contribution in [0.2, 0.25) is 0 Å². The highest BCUT2D eigenvalue weighted by Gasteiger charge is 2.39. The zero-order chi connectivity index (χ0) is 17.4. The van der Waals surface area contributed by atoms with Crippen LogP contribution < -0.4 is 4.90 Å². The molecule has 128 valence electrons. The number of carbonyl (C=O) groups excluding carboxylic acids is 1. The monoisotopic (exact) mass is 336 g/mol. The molecule has 2 heterocycles. The lowest BCUT2D eigenvalue weighted by molar-refractivity contribution is -0.122. The fraction of sp³-hybridized carbons (Fsp3) is 0.300. The minimum absolute atomic E-state index is 0.0936. The zero-order valence-corrected chi connectivity index (χ0v) is 13.9. The van der Waals surface area contributed by atoms with Gasteiger partial charge in [0.15, 0.2) is 0 Å². The quantitative estimate of drug-likeness (QED) is 0.914. The third-order valence-corrected chi connectivity index (χ3v) is 5.16. The molecule has 4 rings (SSSR count). The molecule has 2 amide bonds. The number of rotatable bonds is 2. The summed E-state index contributed by atoms with van der Waals surface area (Å²) in [6.07, 6.45) is 1.14. The molecule has 0 spiro atoms. The Bertz CT molecular complexity index is 819. The van der Waals surface area contributed by atoms with E-state index in [1.807, 2.05) is 30.3 Å². The summed E-state index contributed by atoms with van der Waals surface area (Å²) in [5.74, 6) is -0.0936. The first-order valence-electron chi connectivity index (χ1n) is 8.65. The van der Waals surface area contributed by atoms with Gasteiger partial charge < -0.3 is 10.0 Å². The van der Waals surface area contributed by atoms with Crippen molar-refractivity contribution in [2.45, 2.75) is 25.3 Å². The highest BCUT2D eigenvalue weighted by molar-refractivity contribution is 6.01. The van der Waals surface area contributed by atoms with Crippen molar-refractivity contribution in [2.24, 2.45) is 0 Å². The minimum Gasteiger partial charge on any atom is -0.465 e. The van der Waals surface area contributed by atoms with Gasteiger partial charge in [-0.05, 0) is 42.0 Å². The summed E-state index contributed by atoms with van der Waals surface area (Å²) < 4.78 is 0. The van der Waals surface area contributed by atoms with Crippen LogP contribution in [-0.4, -0.2) is 41.1 Å². The Labute approximate surface area is 146 Å². The maximum atomic E-state index is 13.0. The van der Waals surface area contributed by atoms with Crippen molar-refractivity contribution >= 4 is 17.7 Å². The number of nitrogens with zero attached hydrogens (tertiary/aromatic N) is 2. The van der Waals surface area contributed by atoms with E-state index in [9.17, 15) is 14.7 Å². The molecule has 2 aromatic carbocycles. The molecule has 2 aromatic rings. The van der Waals surface area contributed by atoms with Gasteiger partial charge in [0, 0.05) is 18.8 Å². The van der Waals surface area contributed by atoms with Crippen LogP contribution in [0.5, 0.6) is 0 Å². The van der Waals surface area contributed by atoms with Gasteiger partial charge in [0.05, 0.1) is 0 Å². The first kappa shape index (κ1) is 15.7. The Morgan fingerprint density at radius 1 is 1.00 bits per heavy atom. The molecular formula is C20H20N2O3. The molecule has 0 bridgehead atoms. The van der Waals surface area contributed by atoms with E-state index in [1.54, 1.807) is 4.90 Å². The first-order valence-corrected chi connectivity index (χ1v) is 8.65. The van der Waals surface area contributed by atoms with E-state index in [0.717, 1.165) is 29.7 Å². The van der Waals surface area contributed by atoms with Crippen molar-refractivity contribution in [3.63, 3.8) is 0 Å². The largest absolute Gasteiger partial charge is 0.465 e. The van der Waals surface area contributed by atoms with E-state index in [-0.39, 0.29) is 5.91 Å². The molecule has 0 aliphatic carbocycles. The maximum absolute atomic E-state index is 13.0. The Morgan fingerprint density at radius 2 is 1.80 bits per heavy atom. The van der Waals surface area contributed by atoms with Crippen LogP contribution in [0.4, 0.5) is 10.5 Å². The SMILES string of the molecule is O=C([C@@H]1CCCN1C(=O)O)N1CCc2c(-c3ccccc3)cccc21. The molecule has 1 atom stereocenters. The fourth-order valence-electron chi connectivity index (χ4n) is 3.98. The lowest BCUT2D eigenvalue weighted by Crippen LogP contribution is -2.47. The van der Waals surface area contributed by atoms with Crippen molar-refractivity contribution in [1.29, 1.82) is 0 Å². The molecular weight excluding hydrogens is 316 g/mol. The van der Waals surface area contributed by atoms with Gasteiger partial charge in [-0.3, -0.25) is 9.69 Å². The highest BCUT2D eigenvalue weighted by Crippen LogP contribution is 2.37. The summed E-state index contributed by atoms with van der Waals surface area (Å²) in [6.45, 7) is 1.05. The van der Waals surface area contributed by atoms with Crippen LogP contribution in [0, 0.1) is 0 Å². The van der Waals surface area contributed by atoms with Gasteiger partial charge in [0.25, 0.3) is 0 Å². The second kappa shape index (κ2) is 6.24. The van der Waals surface area contributed by atoms with Crippen molar-refractivity contribution in [2.75, 3.05) is 18.0 Å². The Kier molecular flexibility index (Phi) is 3.92. The first-order chi connectivity index (χ1) is 12.2. The van der Waals surface area contributed by atoms with Crippen molar-refractivity contribution in [1.82, 2.24) is 4.90 Å². The Hall–Kier alpha value is -2.82. The number of carbonyl (C=O) groups is 2. The number of fused-ring (bicyclic) bond motifs is 1. The van der Waals surface area contributed by atoms with Crippen LogP contribution in [0.3, 0.4) is 0 Å². The van der Waals surface area contributed by atoms with Gasteiger partial charge in [0.2, 0.25) is 5.91 Å². The third kappa shape index (κ3) is 2.65. The second-order valence-electron chi connectivity index (χ2n) is 6.54. The summed E-state index contributed by atoms with van der Waals surface area (Å²) in [7, 11) is 0. The summed E-state index contributed by atoms with van der Waals surface area (Å²) in [6, 6.07) is 15.6. The normalized spacial score (nSPS) is 19.1. The maximum Gasteiger partial charge on any atom is 0.407 e. The van der Waals surface area contributed by atoms with Crippen LogP contribution >= 0.6 is 0 Å². The lowest BCUT2D eigenvalue weighted by atomic mass is 9.98. The lowest BCUT2D eigenvalue weighted by Gasteiger charge is -2.26. The van der Waals surface area contributed by atoms with E-state index in [2.05, 4.69) is 18.2 Å². The van der Waals surface area contributed by atoms with Crippen LogP contribution in [-0.2, 0) is 11.2 Å². The number of benzene rings is 2. The fourth-order valence-corrected chi connectivity index (χ4v) is 3.98. The van der Waals surface area contributed by atoms with Gasteiger partial charge in [0.1, 0.15) is 6.04 Å². The smallest absolute Gasteiger partial charge is 0.407 e. The summed E-state index contributed by atoms with van der Waals surface area (Å²) in [5, 5.41) is 9.32. The van der Waals surface area contributed by atoms with Crippen molar-refractivity contribution < 1.29 is 14.7 Å². The van der Waals surface area contributed by atoms with Crippen molar-refractivity contribution in [3.05, 3.63) is 54.1 Å². The van der Waals surface area contributed by atoms with Crippen LogP contribution in [0.25, 0.3) is 11.1 Å². The third-order valence-electron chi connectivity index (χ3n) is 5.16. The van der Waals surface area contributed by atoms with E-state index in [4.69, 9.17) is 0 Å². The number of carboxylic acid groups (broad SMARTS) is 1. The van der Waals surface area contributed by atoms with E-state index in [1.165, 1.54) is 10.5 Å². The van der Waals surface area contributed by atoms with Gasteiger partial charge in [-0.15, -0.1) is 0 Å². The van der Waals surface area contributed by atoms with Gasteiger partial charge in [-0.25, -0.2) is 4.79 Å². The van der Waals surface area contributed by atoms with E-state index < -0.39 is 12.1 Å². The number of hydrogen-bond donors (Lipinski definition) is 1. The number of anilines is 1. The standard InChI is InChI=1S/C20H20N2O3/c23-19(18-10-5-12-22(18)20(24)25)21-13-11-16-15(8-4-9-17(16)21)14-6-2-1-3-7-14/h1-4,6-9,18H,5,10-13H2,(H,24,25)/t18-/m0/s1. The van der Waals surface area contributed by atoms with Crippen molar-refractivity contribution in [3.8, 4) is 11.1 Å². The molecule has 1 N–H and O–H groups in total. The number of amides is 2. The molecule has 0 radical (unpaired) electrons. The van der Waals surface area contributed by atoms with Crippen LogP contribution in [0.15, 0.2) is 48.5 Å². The number of hydrogen-bond acceptors (Lipinski definition) is 2. The molecule has 5 heteroatoms. The second-order valence-corrected chi connectivity index (χ2v) is 6.54. The summed E-state index contributed by atoms with van der Waals surface area (Å²) in [4.78, 5) is 27.4. The van der Waals surface area contributed by atoms with Gasteiger partial charge >= 0.3 is 6.09 Å². The molecule has 2 aliphatic heterocycles. The predicted octanol–water partition coefficient (Wildman–Crippen LogP) is 3.39. The minimum atomic E-state index is -1.01. The summed E-state index contributed by atoms with van der Waals surface area (Å²) >= 11 is 0. The Morgan fingerprint density at radius 3 is 2.56 bits per heavy atom. The zero-order valence-electron chi connectivity index (χ0n) is 13.9. The number of likely N-dealkylation sites (tertiary alicyclic amines) is 1. The molecule has 1 saturated heterocycles. The average molecular weight is 336 g/mol. The summed E-state index contributed by atoms with van der Waals surface area (Å²) in [5.41, 5.74) is 4.38. The van der Waals surface area contributed by atoms with Crippen LogP contribution in [0.1, 0.15) is 18.4 Å². The molecule has 0 aromatic heterocycles. The molecule has 0 unspecified atom stereocenters. The topological polar surface area (TPSA) is 60.9 Å². The molecule has 0 saturated carbocycles. The molecule has 2 aliphatic rings. The highest BCUT2D eigenvalue weighted by atomic mass is 16.4. The predicted molar refractivity (Wildman–Crippen MR) is 95.7 cm³/mol. The Balaban J connectivity index is 1.67. The molecule has 25 heavy (non-hydrogen) atoms. The van der Waals surface area contributed by atoms with Gasteiger partial charge in [-0.1, -0.05) is 42.5 Å². The van der Waals surface area contributed by atoms with E-state index in [0.29, 0.717) is 19.5 Å². The molecule has 5 nitrogen and oxygen atoms in total. The van der Waals surface area contributed by atoms with Gasteiger partial charge in [-0.2, -0.15) is 0 Å². The van der Waals surface area contributed by atoms with E-state index >= 15 is 0 Å². The molecule has 1 fully saturated rings. The average Bonchev–Trinajstić information content (AvgIpc) is 3.29.